The van der Waals surface area contributed by atoms with Crippen LogP contribution in [0, 0.1) is 17.1 Å². The molecule has 2 saturated heterocycles. The number of piperazine rings is 1. The summed E-state index contributed by atoms with van der Waals surface area (Å²) in [6.07, 6.45) is 4.04. The first-order valence-electron chi connectivity index (χ1n) is 14.6. The number of nitrogens with zero attached hydrogens (tertiary/aromatic N) is 6. The molecule has 220 valence electrons. The van der Waals surface area contributed by atoms with E-state index in [9.17, 15) is 9.18 Å². The molecule has 1 aliphatic carbocycles. The topological polar surface area (TPSA) is 96.5 Å². The van der Waals surface area contributed by atoms with Crippen molar-refractivity contribution in [1.29, 1.82) is 5.26 Å². The third-order valence-corrected chi connectivity index (χ3v) is 9.26. The van der Waals surface area contributed by atoms with E-state index in [4.69, 9.17) is 36.3 Å². The van der Waals surface area contributed by atoms with Gasteiger partial charge in [-0.25, -0.2) is 9.37 Å². The zero-order valence-corrected chi connectivity index (χ0v) is 24.2. The molecule has 43 heavy (non-hydrogen) atoms. The van der Waals surface area contributed by atoms with E-state index in [1.807, 2.05) is 24.3 Å². The van der Waals surface area contributed by atoms with Crippen molar-refractivity contribution < 1.29 is 18.7 Å². The number of aldehydes is 1. The number of halogens is 2. The molecule has 0 bridgehead atoms. The van der Waals surface area contributed by atoms with Crippen LogP contribution < -0.4 is 9.64 Å². The molecule has 2 aromatic heterocycles. The second-order valence-corrected chi connectivity index (χ2v) is 11.7. The molecule has 3 unspecified atom stereocenters. The quantitative estimate of drug-likeness (QED) is 0.244. The van der Waals surface area contributed by atoms with Crippen LogP contribution in [-0.4, -0.2) is 63.6 Å². The Hall–Kier alpha value is -4.04. The lowest BCUT2D eigenvalue weighted by atomic mass is 9.81. The maximum absolute atomic E-state index is 14.3. The molecule has 2 aliphatic heterocycles. The van der Waals surface area contributed by atoms with Crippen LogP contribution in [0.5, 0.6) is 5.88 Å². The maximum atomic E-state index is 14.3. The highest BCUT2D eigenvalue weighted by atomic mass is 35.5. The van der Waals surface area contributed by atoms with Crippen LogP contribution in [0.1, 0.15) is 46.6 Å². The van der Waals surface area contributed by atoms with Gasteiger partial charge < -0.3 is 18.9 Å². The lowest BCUT2D eigenvalue weighted by molar-refractivity contribution is -0.0594. The third-order valence-electron chi connectivity index (χ3n) is 8.87. The number of nitriles is 1. The van der Waals surface area contributed by atoms with Crippen LogP contribution in [0.25, 0.3) is 11.0 Å². The summed E-state index contributed by atoms with van der Waals surface area (Å²) in [5.41, 5.74) is 2.69. The highest BCUT2D eigenvalue weighted by molar-refractivity contribution is 6.37. The van der Waals surface area contributed by atoms with E-state index in [1.165, 1.54) is 6.07 Å². The van der Waals surface area contributed by atoms with E-state index in [0.29, 0.717) is 47.2 Å². The number of carbonyl (C=O) groups is 1. The average Bonchev–Trinajstić information content (AvgIpc) is 3.32. The summed E-state index contributed by atoms with van der Waals surface area (Å²) < 4.78 is 28.1. The van der Waals surface area contributed by atoms with Crippen molar-refractivity contribution in [1.82, 2.24) is 19.4 Å². The zero-order valence-electron chi connectivity index (χ0n) is 23.5. The number of hydrogen-bond acceptors (Lipinski definition) is 8. The second kappa shape index (κ2) is 11.6. The van der Waals surface area contributed by atoms with Crippen LogP contribution >= 0.6 is 11.6 Å². The third kappa shape index (κ3) is 5.22. The number of ether oxygens (including phenoxy) is 2. The van der Waals surface area contributed by atoms with Crippen LogP contribution in [0.15, 0.2) is 48.5 Å². The number of benzene rings is 2. The van der Waals surface area contributed by atoms with Crippen LogP contribution in [-0.2, 0) is 24.4 Å². The van der Waals surface area contributed by atoms with Gasteiger partial charge in [-0.15, -0.1) is 0 Å². The Balaban J connectivity index is 1.07. The first-order valence-corrected chi connectivity index (χ1v) is 14.9. The summed E-state index contributed by atoms with van der Waals surface area (Å²) in [4.78, 5) is 26.2. The Morgan fingerprint density at radius 3 is 2.70 bits per heavy atom. The highest BCUT2D eigenvalue weighted by Gasteiger charge is 2.44. The lowest BCUT2D eigenvalue weighted by Gasteiger charge is -2.54. The number of imidazole rings is 1. The minimum absolute atomic E-state index is 0.0269. The normalized spacial score (nSPS) is 21.5. The van der Waals surface area contributed by atoms with E-state index in [-0.39, 0.29) is 18.3 Å². The zero-order chi connectivity index (χ0) is 29.5. The summed E-state index contributed by atoms with van der Waals surface area (Å²) in [7, 11) is 0. The molecule has 3 atom stereocenters. The SMILES string of the molecule is N#Cc1ccc(COc2cccc(N3CCN(Cc4nc5ccc(C=O)c(Cl)c5n4CC4CCO4)C4CCC43)n2)c(F)c1. The van der Waals surface area contributed by atoms with E-state index >= 15 is 0 Å². The fourth-order valence-electron chi connectivity index (χ4n) is 6.30. The molecule has 0 amide bonds. The van der Waals surface area contributed by atoms with Crippen molar-refractivity contribution in [3.05, 3.63) is 81.9 Å². The molecule has 1 saturated carbocycles. The van der Waals surface area contributed by atoms with E-state index in [2.05, 4.69) is 14.4 Å². The Labute approximate surface area is 253 Å². The number of aromatic nitrogens is 3. The fourth-order valence-corrected chi connectivity index (χ4v) is 6.61. The van der Waals surface area contributed by atoms with Crippen molar-refractivity contribution in [3.63, 3.8) is 0 Å². The van der Waals surface area contributed by atoms with Crippen LogP contribution in [0.3, 0.4) is 0 Å². The van der Waals surface area contributed by atoms with Gasteiger partial charge in [-0.2, -0.15) is 10.2 Å². The van der Waals surface area contributed by atoms with E-state index < -0.39 is 5.82 Å². The lowest BCUT2D eigenvalue weighted by Crippen LogP contribution is -2.64. The molecule has 0 radical (unpaired) electrons. The Morgan fingerprint density at radius 1 is 1.12 bits per heavy atom. The molecule has 7 rings (SSSR count). The summed E-state index contributed by atoms with van der Waals surface area (Å²) in [5, 5.41) is 9.41. The minimum atomic E-state index is -0.469. The molecule has 4 aromatic rings. The van der Waals surface area contributed by atoms with Crippen LogP contribution in [0.4, 0.5) is 10.2 Å². The van der Waals surface area contributed by atoms with Gasteiger partial charge in [-0.05, 0) is 49.6 Å². The standard InChI is InChI=1S/C32H30ClFN6O3/c33-31-21(18-41)6-7-25-32(31)40(16-23-10-13-42-23)29(36-25)17-38-11-12-39(27-9-8-26(27)38)28-2-1-3-30(37-28)43-19-22-5-4-20(15-35)14-24(22)34/h1-7,14,18,23,26-27H,8-13,16-17,19H2. The Kier molecular flexibility index (Phi) is 7.47. The highest BCUT2D eigenvalue weighted by Crippen LogP contribution is 2.38. The average molecular weight is 601 g/mol. The number of anilines is 1. The maximum Gasteiger partial charge on any atom is 0.215 e. The van der Waals surface area contributed by atoms with Gasteiger partial charge in [0.1, 0.15) is 24.1 Å². The number of pyridine rings is 1. The monoisotopic (exact) mass is 600 g/mol. The van der Waals surface area contributed by atoms with Crippen LogP contribution in [0.2, 0.25) is 5.02 Å². The van der Waals surface area contributed by atoms with E-state index in [0.717, 1.165) is 67.9 Å². The van der Waals surface area contributed by atoms with Gasteiger partial charge >= 0.3 is 0 Å². The Bertz CT molecular complexity index is 1730. The van der Waals surface area contributed by atoms with Crippen molar-refractivity contribution in [2.24, 2.45) is 0 Å². The molecule has 0 N–H and O–H groups in total. The number of rotatable bonds is 9. The number of fused-ring (bicyclic) bond motifs is 2. The fraction of sp³-hybridized carbons (Fsp3) is 0.375. The molecular formula is C32H30ClFN6O3. The predicted octanol–water partition coefficient (Wildman–Crippen LogP) is 5.13. The summed E-state index contributed by atoms with van der Waals surface area (Å²) in [6, 6.07) is 16.2. The summed E-state index contributed by atoms with van der Waals surface area (Å²) >= 11 is 6.69. The van der Waals surface area contributed by atoms with Crippen molar-refractivity contribution in [3.8, 4) is 11.9 Å². The van der Waals surface area contributed by atoms with Crippen molar-refractivity contribution in [2.45, 2.75) is 57.1 Å². The second-order valence-electron chi connectivity index (χ2n) is 11.3. The Morgan fingerprint density at radius 2 is 1.98 bits per heavy atom. The van der Waals surface area contributed by atoms with Crippen molar-refractivity contribution >= 4 is 34.7 Å². The van der Waals surface area contributed by atoms with E-state index in [1.54, 1.807) is 24.3 Å². The molecule has 11 heteroatoms. The molecule has 2 aromatic carbocycles. The number of hydrogen-bond donors (Lipinski definition) is 0. The molecule has 9 nitrogen and oxygen atoms in total. The van der Waals surface area contributed by atoms with Gasteiger partial charge in [-0.3, -0.25) is 9.69 Å². The van der Waals surface area contributed by atoms with Crippen molar-refractivity contribution in [2.75, 3.05) is 24.6 Å². The molecule has 0 spiro atoms. The summed E-state index contributed by atoms with van der Waals surface area (Å²) in [5.74, 6) is 1.73. The summed E-state index contributed by atoms with van der Waals surface area (Å²) in [6.45, 7) is 3.75. The first kappa shape index (κ1) is 27.8. The van der Waals surface area contributed by atoms with Gasteiger partial charge in [-0.1, -0.05) is 23.7 Å². The number of carbonyl (C=O) groups excluding carboxylic acids is 1. The smallest absolute Gasteiger partial charge is 0.215 e. The van der Waals surface area contributed by atoms with Gasteiger partial charge in [0, 0.05) is 49.0 Å². The largest absolute Gasteiger partial charge is 0.473 e. The van der Waals surface area contributed by atoms with Gasteiger partial charge in [0.15, 0.2) is 6.29 Å². The molecule has 3 aliphatic rings. The van der Waals surface area contributed by atoms with Gasteiger partial charge in [0.2, 0.25) is 5.88 Å². The minimum Gasteiger partial charge on any atom is -0.473 e. The molecular weight excluding hydrogens is 571 g/mol. The molecule has 4 heterocycles. The van der Waals surface area contributed by atoms with Gasteiger partial charge in [0.25, 0.3) is 0 Å². The van der Waals surface area contributed by atoms with Gasteiger partial charge in [0.05, 0.1) is 46.9 Å². The first-order chi connectivity index (χ1) is 21.0. The molecule has 3 fully saturated rings. The predicted molar refractivity (Wildman–Crippen MR) is 159 cm³/mol.